The number of benzene rings is 1. The second-order valence-electron chi connectivity index (χ2n) is 8.55. The van der Waals surface area contributed by atoms with Crippen LogP contribution in [0.5, 0.6) is 5.75 Å². The van der Waals surface area contributed by atoms with Crippen LogP contribution in [0.2, 0.25) is 5.02 Å². The van der Waals surface area contributed by atoms with E-state index in [4.69, 9.17) is 21.1 Å². The van der Waals surface area contributed by atoms with E-state index < -0.39 is 5.60 Å². The maximum Gasteiger partial charge on any atom is 0.410 e. The average Bonchev–Trinajstić information content (AvgIpc) is 3.18. The number of aromatic amines is 1. The fraction of sp³-hybridized carbons (Fsp3) is 0.348. The molecule has 3 heterocycles. The zero-order valence-electron chi connectivity index (χ0n) is 18.5. The van der Waals surface area contributed by atoms with E-state index >= 15 is 0 Å². The summed E-state index contributed by atoms with van der Waals surface area (Å²) in [6, 6.07) is 7.49. The number of amides is 1. The van der Waals surface area contributed by atoms with Crippen molar-refractivity contribution < 1.29 is 14.3 Å². The number of hydrogen-bond donors (Lipinski definition) is 2. The molecule has 0 bridgehead atoms. The van der Waals surface area contributed by atoms with Gasteiger partial charge in [-0.1, -0.05) is 17.7 Å². The third-order valence-corrected chi connectivity index (χ3v) is 5.34. The number of anilines is 2. The average molecular weight is 456 g/mol. The molecule has 0 saturated heterocycles. The van der Waals surface area contributed by atoms with E-state index in [1.165, 1.54) is 6.33 Å². The summed E-state index contributed by atoms with van der Waals surface area (Å²) in [5, 5.41) is 4.68. The minimum Gasteiger partial charge on any atom is -0.495 e. The predicted octanol–water partition coefficient (Wildman–Crippen LogP) is 5.39. The van der Waals surface area contributed by atoms with Crippen LogP contribution in [-0.2, 0) is 4.74 Å². The number of halogens is 1. The molecule has 0 spiro atoms. The highest BCUT2D eigenvalue weighted by Crippen LogP contribution is 2.32. The van der Waals surface area contributed by atoms with Gasteiger partial charge in [0.05, 0.1) is 17.5 Å². The number of aromatic nitrogens is 3. The highest BCUT2D eigenvalue weighted by atomic mass is 35.5. The molecule has 2 N–H and O–H groups in total. The molecular formula is C23H26ClN5O3. The summed E-state index contributed by atoms with van der Waals surface area (Å²) in [7, 11) is 1.58. The lowest BCUT2D eigenvalue weighted by Crippen LogP contribution is -2.39. The molecule has 168 valence electrons. The van der Waals surface area contributed by atoms with Crippen LogP contribution in [0, 0.1) is 0 Å². The van der Waals surface area contributed by atoms with Crippen LogP contribution in [-0.4, -0.2) is 51.7 Å². The quantitative estimate of drug-likeness (QED) is 0.548. The molecule has 1 aliphatic rings. The van der Waals surface area contributed by atoms with Gasteiger partial charge < -0.3 is 24.7 Å². The number of ether oxygens (including phenoxy) is 2. The van der Waals surface area contributed by atoms with Crippen LogP contribution in [0.1, 0.15) is 32.9 Å². The number of hydrogen-bond acceptors (Lipinski definition) is 6. The summed E-state index contributed by atoms with van der Waals surface area (Å²) in [6.45, 7) is 6.70. The van der Waals surface area contributed by atoms with Gasteiger partial charge in [0.15, 0.2) is 0 Å². The Hall–Kier alpha value is -3.26. The lowest BCUT2D eigenvalue weighted by atomic mass is 10.1. The number of rotatable bonds is 4. The van der Waals surface area contributed by atoms with Crippen molar-refractivity contribution in [3.8, 4) is 5.75 Å². The van der Waals surface area contributed by atoms with Gasteiger partial charge in [-0.3, -0.25) is 0 Å². The van der Waals surface area contributed by atoms with E-state index in [9.17, 15) is 4.79 Å². The van der Waals surface area contributed by atoms with E-state index in [1.807, 2.05) is 39.0 Å². The third kappa shape index (κ3) is 4.80. The van der Waals surface area contributed by atoms with Gasteiger partial charge in [-0.15, -0.1) is 0 Å². The molecular weight excluding hydrogens is 430 g/mol. The fourth-order valence-electron chi connectivity index (χ4n) is 3.50. The molecule has 8 nitrogen and oxygen atoms in total. The molecule has 0 fully saturated rings. The Balaban J connectivity index is 1.53. The third-order valence-electron chi connectivity index (χ3n) is 5.05. The molecule has 2 aromatic heterocycles. The minimum absolute atomic E-state index is 0.292. The first kappa shape index (κ1) is 22.0. The number of methoxy groups -OCH3 is 1. The summed E-state index contributed by atoms with van der Waals surface area (Å²) in [5.41, 5.74) is 3.10. The molecule has 0 aliphatic carbocycles. The van der Waals surface area contributed by atoms with E-state index in [2.05, 4.69) is 20.3 Å². The first-order chi connectivity index (χ1) is 15.2. The van der Waals surface area contributed by atoms with Crippen LogP contribution in [0.25, 0.3) is 16.6 Å². The Morgan fingerprint density at radius 1 is 1.25 bits per heavy atom. The van der Waals surface area contributed by atoms with Gasteiger partial charge in [0, 0.05) is 24.5 Å². The number of nitrogens with one attached hydrogen (secondary N) is 2. The largest absolute Gasteiger partial charge is 0.495 e. The van der Waals surface area contributed by atoms with E-state index in [-0.39, 0.29) is 6.09 Å². The lowest BCUT2D eigenvalue weighted by molar-refractivity contribution is 0.0270. The molecule has 9 heteroatoms. The maximum absolute atomic E-state index is 12.3. The Kier molecular flexibility index (Phi) is 5.97. The van der Waals surface area contributed by atoms with Crippen LogP contribution < -0.4 is 10.1 Å². The van der Waals surface area contributed by atoms with Gasteiger partial charge in [-0.2, -0.15) is 0 Å². The second kappa shape index (κ2) is 8.70. The summed E-state index contributed by atoms with van der Waals surface area (Å²) in [4.78, 5) is 26.1. The highest BCUT2D eigenvalue weighted by Gasteiger charge is 2.24. The topological polar surface area (TPSA) is 92.4 Å². The molecule has 0 unspecified atom stereocenters. The highest BCUT2D eigenvalue weighted by molar-refractivity contribution is 6.32. The van der Waals surface area contributed by atoms with Crippen LogP contribution in [0.15, 0.2) is 36.7 Å². The monoisotopic (exact) mass is 455 g/mol. The second-order valence-corrected chi connectivity index (χ2v) is 8.95. The van der Waals surface area contributed by atoms with Crippen LogP contribution >= 0.6 is 11.6 Å². The Morgan fingerprint density at radius 2 is 2.06 bits per heavy atom. The van der Waals surface area contributed by atoms with Crippen LogP contribution in [0.3, 0.4) is 0 Å². The first-order valence-electron chi connectivity index (χ1n) is 10.3. The summed E-state index contributed by atoms with van der Waals surface area (Å²) >= 11 is 6.24. The van der Waals surface area contributed by atoms with Gasteiger partial charge in [0.2, 0.25) is 0 Å². The summed E-state index contributed by atoms with van der Waals surface area (Å²) in [5.74, 6) is 1.28. The molecule has 0 atom stereocenters. The zero-order valence-corrected chi connectivity index (χ0v) is 19.3. The van der Waals surface area contributed by atoms with Crippen molar-refractivity contribution in [1.29, 1.82) is 0 Å². The lowest BCUT2D eigenvalue weighted by Gasteiger charge is -2.29. The summed E-state index contributed by atoms with van der Waals surface area (Å²) in [6.07, 6.45) is 3.98. The predicted molar refractivity (Wildman–Crippen MR) is 126 cm³/mol. The smallest absolute Gasteiger partial charge is 0.410 e. The molecule has 0 saturated carbocycles. The van der Waals surface area contributed by atoms with E-state index in [1.54, 1.807) is 24.1 Å². The number of nitrogens with zero attached hydrogens (tertiary/aromatic N) is 3. The van der Waals surface area contributed by atoms with Gasteiger partial charge in [0.1, 0.15) is 29.1 Å². The van der Waals surface area contributed by atoms with Gasteiger partial charge in [0.25, 0.3) is 0 Å². The zero-order chi connectivity index (χ0) is 22.9. The van der Waals surface area contributed by atoms with Crippen molar-refractivity contribution in [3.05, 3.63) is 47.4 Å². The molecule has 3 aromatic rings. The molecule has 1 aromatic carbocycles. The number of carbonyl (C=O) groups excluding carboxylic acids is 1. The number of fused-ring (bicyclic) bond motifs is 1. The standard InChI is InChI=1S/C23H26ClN5O3/c1-23(2,3)32-22(30)29-9-7-14(8-10-29)18-12-16-20(25-13-26-21(16)28-18)27-15-5-6-19(31-4)17(24)11-15/h5-7,11-13H,8-10H2,1-4H3,(H2,25,26,27,28). The SMILES string of the molecule is COc1ccc(Nc2ncnc3[nH]c(C4=CCN(C(=O)OC(C)(C)C)CC4)cc23)cc1Cl. The first-order valence-corrected chi connectivity index (χ1v) is 10.7. The number of H-pyrrole nitrogens is 1. The van der Waals surface area contributed by atoms with Crippen molar-refractivity contribution in [2.45, 2.75) is 32.8 Å². The van der Waals surface area contributed by atoms with Crippen molar-refractivity contribution in [2.24, 2.45) is 0 Å². The number of carbonyl (C=O) groups is 1. The summed E-state index contributed by atoms with van der Waals surface area (Å²) < 4.78 is 10.7. The van der Waals surface area contributed by atoms with Gasteiger partial charge >= 0.3 is 6.09 Å². The van der Waals surface area contributed by atoms with Crippen molar-refractivity contribution in [3.63, 3.8) is 0 Å². The van der Waals surface area contributed by atoms with Crippen LogP contribution in [0.4, 0.5) is 16.3 Å². The maximum atomic E-state index is 12.3. The normalized spacial score (nSPS) is 14.3. The Bertz CT molecular complexity index is 1180. The fourth-order valence-corrected chi connectivity index (χ4v) is 3.76. The molecule has 32 heavy (non-hydrogen) atoms. The minimum atomic E-state index is -0.506. The van der Waals surface area contributed by atoms with Gasteiger partial charge in [-0.25, -0.2) is 14.8 Å². The Morgan fingerprint density at radius 3 is 2.72 bits per heavy atom. The molecule has 1 amide bonds. The van der Waals surface area contributed by atoms with Crippen molar-refractivity contribution in [2.75, 3.05) is 25.5 Å². The van der Waals surface area contributed by atoms with Gasteiger partial charge in [-0.05, 0) is 57.0 Å². The van der Waals surface area contributed by atoms with Crippen molar-refractivity contribution in [1.82, 2.24) is 19.9 Å². The van der Waals surface area contributed by atoms with E-state index in [0.29, 0.717) is 29.7 Å². The molecule has 4 rings (SSSR count). The molecule has 1 aliphatic heterocycles. The Labute approximate surface area is 191 Å². The molecule has 0 radical (unpaired) electrons. The van der Waals surface area contributed by atoms with Crippen molar-refractivity contribution >= 4 is 45.8 Å². The van der Waals surface area contributed by atoms with E-state index in [0.717, 1.165) is 34.4 Å².